The van der Waals surface area contributed by atoms with Gasteiger partial charge in [0, 0.05) is 30.2 Å². The highest BCUT2D eigenvalue weighted by atomic mass is 32.2. The number of amides is 2. The molecule has 120 valence electrons. The topological polar surface area (TPSA) is 49.4 Å². The number of benzene rings is 2. The molecule has 0 aromatic heterocycles. The predicted octanol–water partition coefficient (Wildman–Crippen LogP) is 4.16. The van der Waals surface area contributed by atoms with Crippen molar-refractivity contribution in [3.8, 4) is 0 Å². The number of hydrogen-bond acceptors (Lipinski definition) is 3. The van der Waals surface area contributed by atoms with Gasteiger partial charge in [-0.25, -0.2) is 4.39 Å². The molecule has 2 aromatic rings. The average molecular weight is 332 g/mol. The zero-order valence-corrected chi connectivity index (χ0v) is 13.9. The van der Waals surface area contributed by atoms with Crippen molar-refractivity contribution in [1.29, 1.82) is 0 Å². The molecular weight excluding hydrogens is 315 g/mol. The first-order chi connectivity index (χ1) is 10.9. The molecule has 1 N–H and O–H groups in total. The summed E-state index contributed by atoms with van der Waals surface area (Å²) in [7, 11) is 3.37. The molecule has 2 aromatic carbocycles. The van der Waals surface area contributed by atoms with Gasteiger partial charge in [0.25, 0.3) is 11.1 Å². The van der Waals surface area contributed by atoms with Crippen LogP contribution in [0.2, 0.25) is 0 Å². The first kappa shape index (κ1) is 17.0. The molecule has 0 saturated heterocycles. The smallest absolute Gasteiger partial charge is 0.285 e. The maximum absolute atomic E-state index is 13.5. The van der Waals surface area contributed by atoms with Gasteiger partial charge in [0.2, 0.25) is 0 Å². The molecule has 23 heavy (non-hydrogen) atoms. The van der Waals surface area contributed by atoms with Crippen LogP contribution in [0.1, 0.15) is 15.9 Å². The summed E-state index contributed by atoms with van der Waals surface area (Å²) in [6.45, 7) is 1.64. The molecule has 0 aliphatic heterocycles. The maximum atomic E-state index is 13.5. The van der Waals surface area contributed by atoms with Crippen molar-refractivity contribution in [2.75, 3.05) is 19.4 Å². The largest absolute Gasteiger partial charge is 0.339 e. The van der Waals surface area contributed by atoms with Crippen molar-refractivity contribution in [3.05, 3.63) is 59.4 Å². The number of nitrogens with zero attached hydrogens (tertiary/aromatic N) is 1. The second-order valence-electron chi connectivity index (χ2n) is 5.20. The Bertz CT molecular complexity index is 730. The number of thioether (sulfide) groups is 1. The number of aryl methyl sites for hydroxylation is 1. The van der Waals surface area contributed by atoms with Crippen molar-refractivity contribution in [2.24, 2.45) is 0 Å². The Kier molecular flexibility index (Phi) is 5.39. The minimum absolute atomic E-state index is 0.0723. The summed E-state index contributed by atoms with van der Waals surface area (Å²) < 4.78 is 13.5. The van der Waals surface area contributed by atoms with Gasteiger partial charge >= 0.3 is 0 Å². The molecule has 0 saturated carbocycles. The molecule has 0 aliphatic carbocycles. The SMILES string of the molecule is Cc1ccc(C(=O)Nc2ccc(SC(=O)N(C)C)cc2)cc1F. The lowest BCUT2D eigenvalue weighted by atomic mass is 10.1. The molecule has 2 amide bonds. The fourth-order valence-electron chi connectivity index (χ4n) is 1.74. The van der Waals surface area contributed by atoms with E-state index >= 15 is 0 Å². The van der Waals surface area contributed by atoms with Gasteiger partial charge in [0.1, 0.15) is 5.82 Å². The van der Waals surface area contributed by atoms with E-state index in [0.29, 0.717) is 11.3 Å². The minimum Gasteiger partial charge on any atom is -0.339 e. The lowest BCUT2D eigenvalue weighted by Gasteiger charge is -2.10. The summed E-state index contributed by atoms with van der Waals surface area (Å²) in [6.07, 6.45) is 0. The lowest BCUT2D eigenvalue weighted by molar-refractivity contribution is 0.102. The lowest BCUT2D eigenvalue weighted by Crippen LogP contribution is -2.16. The summed E-state index contributed by atoms with van der Waals surface area (Å²) >= 11 is 1.10. The number of anilines is 1. The quantitative estimate of drug-likeness (QED) is 0.859. The normalized spacial score (nSPS) is 10.3. The molecule has 0 fully saturated rings. The molecule has 0 spiro atoms. The van der Waals surface area contributed by atoms with Gasteiger partial charge in [-0.2, -0.15) is 0 Å². The Morgan fingerprint density at radius 3 is 2.30 bits per heavy atom. The van der Waals surface area contributed by atoms with Gasteiger partial charge in [-0.05, 0) is 60.6 Å². The summed E-state index contributed by atoms with van der Waals surface area (Å²) in [5.41, 5.74) is 1.33. The number of halogens is 1. The van der Waals surface area contributed by atoms with Crippen molar-refractivity contribution in [1.82, 2.24) is 4.90 Å². The summed E-state index contributed by atoms with van der Waals surface area (Å²) in [4.78, 5) is 26.0. The molecular formula is C17H17FN2O2S. The zero-order valence-electron chi connectivity index (χ0n) is 13.1. The van der Waals surface area contributed by atoms with E-state index in [0.717, 1.165) is 16.7 Å². The monoisotopic (exact) mass is 332 g/mol. The third-order valence-corrected chi connectivity index (χ3v) is 4.16. The van der Waals surface area contributed by atoms with Crippen LogP contribution in [0.3, 0.4) is 0 Å². The number of rotatable bonds is 3. The summed E-state index contributed by atoms with van der Waals surface area (Å²) in [6, 6.07) is 11.3. The second kappa shape index (κ2) is 7.28. The Morgan fingerprint density at radius 2 is 1.74 bits per heavy atom. The Hall–Kier alpha value is -2.34. The molecule has 6 heteroatoms. The van der Waals surface area contributed by atoms with E-state index < -0.39 is 5.82 Å². The Labute approximate surface area is 138 Å². The predicted molar refractivity (Wildman–Crippen MR) is 90.5 cm³/mol. The molecule has 0 radical (unpaired) electrons. The molecule has 0 aliphatic rings. The van der Waals surface area contributed by atoms with E-state index in [-0.39, 0.29) is 16.7 Å². The highest BCUT2D eigenvalue weighted by Crippen LogP contribution is 2.22. The van der Waals surface area contributed by atoms with Gasteiger partial charge in [-0.3, -0.25) is 9.59 Å². The highest BCUT2D eigenvalue weighted by molar-refractivity contribution is 8.13. The van der Waals surface area contributed by atoms with Gasteiger partial charge in [-0.15, -0.1) is 0 Å². The highest BCUT2D eigenvalue weighted by Gasteiger charge is 2.10. The number of carbonyl (C=O) groups excluding carboxylic acids is 2. The number of hydrogen-bond donors (Lipinski definition) is 1. The summed E-state index contributed by atoms with van der Waals surface area (Å²) in [5, 5.41) is 2.63. The van der Waals surface area contributed by atoms with Crippen LogP contribution < -0.4 is 5.32 Å². The van der Waals surface area contributed by atoms with Crippen molar-refractivity contribution < 1.29 is 14.0 Å². The minimum atomic E-state index is -0.411. The van der Waals surface area contributed by atoms with Crippen LogP contribution in [0.5, 0.6) is 0 Å². The van der Waals surface area contributed by atoms with Crippen LogP contribution >= 0.6 is 11.8 Å². The van der Waals surface area contributed by atoms with Crippen LogP contribution in [-0.4, -0.2) is 30.1 Å². The van der Waals surface area contributed by atoms with Crippen molar-refractivity contribution >= 4 is 28.6 Å². The van der Waals surface area contributed by atoms with E-state index in [2.05, 4.69) is 5.32 Å². The Balaban J connectivity index is 2.04. The molecule has 0 heterocycles. The molecule has 2 rings (SSSR count). The van der Waals surface area contributed by atoms with Crippen LogP contribution in [-0.2, 0) is 0 Å². The van der Waals surface area contributed by atoms with Crippen LogP contribution in [0.4, 0.5) is 14.9 Å². The third kappa shape index (κ3) is 4.56. The van der Waals surface area contributed by atoms with Crippen LogP contribution in [0, 0.1) is 12.7 Å². The first-order valence-corrected chi connectivity index (χ1v) is 7.75. The van der Waals surface area contributed by atoms with E-state index in [1.165, 1.54) is 11.0 Å². The zero-order chi connectivity index (χ0) is 17.0. The van der Waals surface area contributed by atoms with Crippen LogP contribution in [0.25, 0.3) is 0 Å². The van der Waals surface area contributed by atoms with Gasteiger partial charge in [0.05, 0.1) is 0 Å². The van der Waals surface area contributed by atoms with E-state index in [1.54, 1.807) is 57.4 Å². The molecule has 0 atom stereocenters. The molecule has 0 bridgehead atoms. The maximum Gasteiger partial charge on any atom is 0.285 e. The van der Waals surface area contributed by atoms with Gasteiger partial charge < -0.3 is 10.2 Å². The van der Waals surface area contributed by atoms with Crippen molar-refractivity contribution in [2.45, 2.75) is 11.8 Å². The number of carbonyl (C=O) groups is 2. The van der Waals surface area contributed by atoms with Gasteiger partial charge in [-0.1, -0.05) is 6.07 Å². The molecule has 4 nitrogen and oxygen atoms in total. The van der Waals surface area contributed by atoms with E-state index in [9.17, 15) is 14.0 Å². The van der Waals surface area contributed by atoms with Crippen molar-refractivity contribution in [3.63, 3.8) is 0 Å². The van der Waals surface area contributed by atoms with Crippen LogP contribution in [0.15, 0.2) is 47.4 Å². The average Bonchev–Trinajstić information content (AvgIpc) is 2.51. The summed E-state index contributed by atoms with van der Waals surface area (Å²) in [5.74, 6) is -0.791. The molecule has 0 unspecified atom stereocenters. The Morgan fingerprint density at radius 1 is 1.09 bits per heavy atom. The van der Waals surface area contributed by atoms with E-state index in [4.69, 9.17) is 0 Å². The number of nitrogens with one attached hydrogen (secondary N) is 1. The fraction of sp³-hybridized carbons (Fsp3) is 0.176. The van der Waals surface area contributed by atoms with E-state index in [1.807, 2.05) is 0 Å². The fourth-order valence-corrected chi connectivity index (χ4v) is 2.39. The third-order valence-electron chi connectivity index (χ3n) is 3.12. The second-order valence-corrected chi connectivity index (χ2v) is 6.23. The first-order valence-electron chi connectivity index (χ1n) is 6.93. The van der Waals surface area contributed by atoms with Gasteiger partial charge in [0.15, 0.2) is 0 Å². The standard InChI is InChI=1S/C17H17FN2O2S/c1-11-4-5-12(10-15(11)18)16(21)19-13-6-8-14(9-7-13)23-17(22)20(2)3/h4-10H,1-3H3,(H,19,21).